The molecule has 118 valence electrons. The highest BCUT2D eigenvalue weighted by molar-refractivity contribution is 5.32. The quantitative estimate of drug-likeness (QED) is 0.868. The van der Waals surface area contributed by atoms with E-state index < -0.39 is 0 Å². The summed E-state index contributed by atoms with van der Waals surface area (Å²) in [7, 11) is 0. The zero-order valence-electron chi connectivity index (χ0n) is 14.2. The van der Waals surface area contributed by atoms with E-state index in [1.165, 1.54) is 49.4 Å². The largest absolute Gasteiger partial charge is 0.309 e. The van der Waals surface area contributed by atoms with E-state index in [0.717, 1.165) is 13.1 Å². The van der Waals surface area contributed by atoms with Crippen LogP contribution in [0.3, 0.4) is 0 Å². The molecular weight excluding hydrogens is 258 g/mol. The van der Waals surface area contributed by atoms with Crippen LogP contribution in [-0.2, 0) is 0 Å². The Labute approximate surface area is 130 Å². The summed E-state index contributed by atoms with van der Waals surface area (Å²) in [6, 6.07) is 7.34. The fourth-order valence-corrected chi connectivity index (χ4v) is 3.06. The third-order valence-corrected chi connectivity index (χ3v) is 4.74. The molecule has 1 heterocycles. The van der Waals surface area contributed by atoms with Gasteiger partial charge in [-0.05, 0) is 43.6 Å². The summed E-state index contributed by atoms with van der Waals surface area (Å²) in [6.45, 7) is 17.0. The van der Waals surface area contributed by atoms with Gasteiger partial charge in [0.15, 0.2) is 0 Å². The number of nitrogens with one attached hydrogen (secondary N) is 1. The van der Waals surface area contributed by atoms with Crippen molar-refractivity contribution >= 4 is 0 Å². The summed E-state index contributed by atoms with van der Waals surface area (Å²) in [6.07, 6.45) is 0. The molecule has 1 aromatic carbocycles. The molecule has 3 nitrogen and oxygen atoms in total. The SMILES string of the molecule is CCNC(CN1CCN(CC)CC1)c1ccc(C)c(C)c1. The van der Waals surface area contributed by atoms with Crippen LogP contribution in [-0.4, -0.2) is 55.6 Å². The highest BCUT2D eigenvalue weighted by Gasteiger charge is 2.20. The van der Waals surface area contributed by atoms with E-state index in [9.17, 15) is 0 Å². The third-order valence-electron chi connectivity index (χ3n) is 4.74. The first-order valence-electron chi connectivity index (χ1n) is 8.39. The van der Waals surface area contributed by atoms with Crippen LogP contribution in [0.25, 0.3) is 0 Å². The van der Waals surface area contributed by atoms with Gasteiger partial charge in [-0.15, -0.1) is 0 Å². The zero-order chi connectivity index (χ0) is 15.2. The number of nitrogens with zero attached hydrogens (tertiary/aromatic N) is 2. The Kier molecular flexibility index (Phi) is 6.22. The Morgan fingerprint density at radius 3 is 2.24 bits per heavy atom. The van der Waals surface area contributed by atoms with Crippen LogP contribution in [0, 0.1) is 13.8 Å². The van der Waals surface area contributed by atoms with E-state index in [-0.39, 0.29) is 0 Å². The van der Waals surface area contributed by atoms with Gasteiger partial charge in [-0.25, -0.2) is 0 Å². The van der Waals surface area contributed by atoms with Crippen LogP contribution >= 0.6 is 0 Å². The van der Waals surface area contributed by atoms with Crippen molar-refractivity contribution < 1.29 is 0 Å². The lowest BCUT2D eigenvalue weighted by atomic mass is 10.0. The molecule has 1 unspecified atom stereocenters. The van der Waals surface area contributed by atoms with E-state index >= 15 is 0 Å². The van der Waals surface area contributed by atoms with Gasteiger partial charge in [-0.3, -0.25) is 4.90 Å². The second-order valence-corrected chi connectivity index (χ2v) is 6.19. The molecule has 1 aromatic rings. The molecule has 1 saturated heterocycles. The Morgan fingerprint density at radius 2 is 1.67 bits per heavy atom. The van der Waals surface area contributed by atoms with E-state index in [1.54, 1.807) is 0 Å². The predicted octanol–water partition coefficient (Wildman–Crippen LogP) is 2.59. The van der Waals surface area contributed by atoms with Crippen LogP contribution in [0.2, 0.25) is 0 Å². The first kappa shape index (κ1) is 16.5. The number of piperazine rings is 1. The minimum Gasteiger partial charge on any atom is -0.309 e. The Bertz CT molecular complexity index is 436. The Morgan fingerprint density at radius 1 is 1.00 bits per heavy atom. The monoisotopic (exact) mass is 289 g/mol. The molecule has 0 aromatic heterocycles. The summed E-state index contributed by atoms with van der Waals surface area (Å²) < 4.78 is 0. The van der Waals surface area contributed by atoms with Crippen molar-refractivity contribution in [3.05, 3.63) is 34.9 Å². The van der Waals surface area contributed by atoms with Gasteiger partial charge in [-0.2, -0.15) is 0 Å². The maximum absolute atomic E-state index is 3.66. The maximum Gasteiger partial charge on any atom is 0.0449 e. The predicted molar refractivity (Wildman–Crippen MR) is 90.9 cm³/mol. The van der Waals surface area contributed by atoms with E-state index in [0.29, 0.717) is 6.04 Å². The van der Waals surface area contributed by atoms with Gasteiger partial charge in [0.2, 0.25) is 0 Å². The Balaban J connectivity index is 2.00. The van der Waals surface area contributed by atoms with E-state index in [2.05, 4.69) is 61.0 Å². The third kappa shape index (κ3) is 4.53. The minimum absolute atomic E-state index is 0.447. The molecule has 2 rings (SSSR count). The minimum atomic E-state index is 0.447. The molecule has 1 aliphatic rings. The lowest BCUT2D eigenvalue weighted by Crippen LogP contribution is -2.48. The van der Waals surface area contributed by atoms with Crippen LogP contribution in [0.1, 0.15) is 36.6 Å². The van der Waals surface area contributed by atoms with Gasteiger partial charge in [0, 0.05) is 38.8 Å². The standard InChI is InChI=1S/C18H31N3/c1-5-19-18(17-8-7-15(3)16(4)13-17)14-21-11-9-20(6-2)10-12-21/h7-8,13,18-19H,5-6,9-12,14H2,1-4H3. The highest BCUT2D eigenvalue weighted by Crippen LogP contribution is 2.19. The van der Waals surface area contributed by atoms with Crippen LogP contribution in [0.4, 0.5) is 0 Å². The second-order valence-electron chi connectivity index (χ2n) is 6.19. The lowest BCUT2D eigenvalue weighted by molar-refractivity contribution is 0.127. The fraction of sp³-hybridized carbons (Fsp3) is 0.667. The number of likely N-dealkylation sites (N-methyl/N-ethyl adjacent to an activating group) is 2. The zero-order valence-corrected chi connectivity index (χ0v) is 14.2. The topological polar surface area (TPSA) is 18.5 Å². The van der Waals surface area contributed by atoms with Crippen molar-refractivity contribution in [1.82, 2.24) is 15.1 Å². The summed E-state index contributed by atoms with van der Waals surface area (Å²) in [5.74, 6) is 0. The van der Waals surface area contributed by atoms with Gasteiger partial charge in [0.25, 0.3) is 0 Å². The number of hydrogen-bond acceptors (Lipinski definition) is 3. The van der Waals surface area contributed by atoms with Crippen LogP contribution in [0.15, 0.2) is 18.2 Å². The number of benzene rings is 1. The molecule has 1 N–H and O–H groups in total. The lowest BCUT2D eigenvalue weighted by Gasteiger charge is -2.36. The van der Waals surface area contributed by atoms with Gasteiger partial charge in [0.05, 0.1) is 0 Å². The first-order chi connectivity index (χ1) is 10.1. The number of aryl methyl sites for hydroxylation is 2. The maximum atomic E-state index is 3.66. The number of rotatable bonds is 6. The average Bonchev–Trinajstić information content (AvgIpc) is 2.50. The molecule has 0 bridgehead atoms. The van der Waals surface area contributed by atoms with Gasteiger partial charge in [-0.1, -0.05) is 32.0 Å². The molecule has 21 heavy (non-hydrogen) atoms. The normalized spacial score (nSPS) is 18.9. The molecule has 0 saturated carbocycles. The molecule has 0 spiro atoms. The molecule has 0 aliphatic carbocycles. The van der Waals surface area contributed by atoms with Crippen LogP contribution < -0.4 is 5.32 Å². The second kappa shape index (κ2) is 7.92. The van der Waals surface area contributed by atoms with E-state index in [1.807, 2.05) is 0 Å². The van der Waals surface area contributed by atoms with Crippen molar-refractivity contribution in [2.24, 2.45) is 0 Å². The molecule has 3 heteroatoms. The summed E-state index contributed by atoms with van der Waals surface area (Å²) in [4.78, 5) is 5.14. The van der Waals surface area contributed by atoms with E-state index in [4.69, 9.17) is 0 Å². The molecule has 1 fully saturated rings. The van der Waals surface area contributed by atoms with Crippen molar-refractivity contribution in [2.75, 3.05) is 45.8 Å². The first-order valence-corrected chi connectivity index (χ1v) is 8.39. The average molecular weight is 289 g/mol. The molecular formula is C18H31N3. The molecule has 0 amide bonds. The fourth-order valence-electron chi connectivity index (χ4n) is 3.06. The van der Waals surface area contributed by atoms with Crippen molar-refractivity contribution in [3.8, 4) is 0 Å². The summed E-state index contributed by atoms with van der Waals surface area (Å²) in [5, 5.41) is 3.66. The number of hydrogen-bond donors (Lipinski definition) is 1. The summed E-state index contributed by atoms with van der Waals surface area (Å²) in [5.41, 5.74) is 4.20. The van der Waals surface area contributed by atoms with Gasteiger partial charge < -0.3 is 10.2 Å². The van der Waals surface area contributed by atoms with Crippen molar-refractivity contribution in [1.29, 1.82) is 0 Å². The van der Waals surface area contributed by atoms with Crippen LogP contribution in [0.5, 0.6) is 0 Å². The van der Waals surface area contributed by atoms with Crippen molar-refractivity contribution in [2.45, 2.75) is 33.7 Å². The molecule has 0 radical (unpaired) electrons. The van der Waals surface area contributed by atoms with Gasteiger partial charge in [0.1, 0.15) is 0 Å². The molecule has 1 atom stereocenters. The van der Waals surface area contributed by atoms with Crippen molar-refractivity contribution in [3.63, 3.8) is 0 Å². The van der Waals surface area contributed by atoms with Gasteiger partial charge >= 0.3 is 0 Å². The highest BCUT2D eigenvalue weighted by atomic mass is 15.3. The summed E-state index contributed by atoms with van der Waals surface area (Å²) >= 11 is 0. The Hall–Kier alpha value is -0.900. The smallest absolute Gasteiger partial charge is 0.0449 e. The molecule has 1 aliphatic heterocycles.